The number of hydrogen-bond donors (Lipinski definition) is 0. The molecule has 3 aromatic heterocycles. The maximum Gasteiger partial charge on any atom is 0.237 e. The highest BCUT2D eigenvalue weighted by Gasteiger charge is 2.17. The van der Waals surface area contributed by atoms with E-state index in [4.69, 9.17) is 4.52 Å². The van der Waals surface area contributed by atoms with Gasteiger partial charge in [0.2, 0.25) is 11.7 Å². The van der Waals surface area contributed by atoms with Gasteiger partial charge >= 0.3 is 0 Å². The van der Waals surface area contributed by atoms with Crippen molar-refractivity contribution >= 4 is 23.1 Å². The fourth-order valence-corrected chi connectivity index (χ4v) is 4.64. The van der Waals surface area contributed by atoms with E-state index in [1.807, 2.05) is 48.5 Å². The zero-order valence-electron chi connectivity index (χ0n) is 16.8. The Balaban J connectivity index is 1.37. The number of aromatic nitrogens is 5. The van der Waals surface area contributed by atoms with E-state index in [0.29, 0.717) is 24.0 Å². The van der Waals surface area contributed by atoms with Crippen molar-refractivity contribution in [1.29, 1.82) is 0 Å². The Kier molecular flexibility index (Phi) is 5.64. The first-order valence-corrected chi connectivity index (χ1v) is 11.7. The van der Waals surface area contributed by atoms with Crippen molar-refractivity contribution in [2.45, 2.75) is 24.4 Å². The Morgan fingerprint density at radius 1 is 0.968 bits per heavy atom. The van der Waals surface area contributed by atoms with E-state index in [9.17, 15) is 0 Å². The molecule has 0 aliphatic heterocycles. The standard InChI is InChI=1S/C23H19N5OS2/c1-16-9-11-18(12-10-16)21-24-20(29-27-21)15-31-23-26-25-22(19-8-5-13-30-19)28(23)14-17-6-3-2-4-7-17/h2-13H,14-15H2,1H3. The van der Waals surface area contributed by atoms with E-state index in [1.165, 1.54) is 11.1 Å². The van der Waals surface area contributed by atoms with Crippen molar-refractivity contribution in [3.8, 4) is 22.1 Å². The molecule has 31 heavy (non-hydrogen) atoms. The molecule has 5 aromatic rings. The lowest BCUT2D eigenvalue weighted by Crippen LogP contribution is -2.03. The van der Waals surface area contributed by atoms with Crippen LogP contribution in [0.2, 0.25) is 0 Å². The van der Waals surface area contributed by atoms with Crippen LogP contribution in [-0.4, -0.2) is 24.9 Å². The van der Waals surface area contributed by atoms with Crippen molar-refractivity contribution in [2.24, 2.45) is 0 Å². The first-order valence-electron chi connectivity index (χ1n) is 9.80. The van der Waals surface area contributed by atoms with Gasteiger partial charge in [-0.1, -0.05) is 83.1 Å². The molecule has 0 radical (unpaired) electrons. The number of benzene rings is 2. The van der Waals surface area contributed by atoms with Gasteiger partial charge in [0, 0.05) is 5.56 Å². The molecule has 0 saturated heterocycles. The van der Waals surface area contributed by atoms with Crippen molar-refractivity contribution in [2.75, 3.05) is 0 Å². The van der Waals surface area contributed by atoms with Crippen LogP contribution in [0, 0.1) is 6.92 Å². The highest BCUT2D eigenvalue weighted by Crippen LogP contribution is 2.29. The van der Waals surface area contributed by atoms with Crippen molar-refractivity contribution in [3.05, 3.63) is 89.1 Å². The molecule has 0 fully saturated rings. The molecule has 3 heterocycles. The minimum atomic E-state index is 0.524. The maximum absolute atomic E-state index is 5.47. The molecule has 6 nitrogen and oxygen atoms in total. The van der Waals surface area contributed by atoms with E-state index < -0.39 is 0 Å². The van der Waals surface area contributed by atoms with Gasteiger partial charge in [0.25, 0.3) is 0 Å². The molecule has 0 aliphatic rings. The van der Waals surface area contributed by atoms with Gasteiger partial charge in [-0.05, 0) is 23.9 Å². The zero-order chi connectivity index (χ0) is 21.0. The van der Waals surface area contributed by atoms with Crippen LogP contribution in [0.5, 0.6) is 0 Å². The summed E-state index contributed by atoms with van der Waals surface area (Å²) in [6.07, 6.45) is 0. The summed E-state index contributed by atoms with van der Waals surface area (Å²) in [5, 5.41) is 15.9. The van der Waals surface area contributed by atoms with Gasteiger partial charge in [0.1, 0.15) is 0 Å². The number of thioether (sulfide) groups is 1. The summed E-state index contributed by atoms with van der Waals surface area (Å²) in [6.45, 7) is 2.75. The number of hydrogen-bond acceptors (Lipinski definition) is 7. The molecule has 0 amide bonds. The molecule has 0 N–H and O–H groups in total. The largest absolute Gasteiger partial charge is 0.338 e. The molecule has 0 aliphatic carbocycles. The fraction of sp³-hybridized carbons (Fsp3) is 0.130. The van der Waals surface area contributed by atoms with E-state index in [0.717, 1.165) is 21.4 Å². The van der Waals surface area contributed by atoms with Gasteiger partial charge in [-0.3, -0.25) is 4.57 Å². The van der Waals surface area contributed by atoms with Crippen LogP contribution >= 0.6 is 23.1 Å². The molecule has 0 unspecified atom stereocenters. The van der Waals surface area contributed by atoms with Crippen LogP contribution in [0.25, 0.3) is 22.1 Å². The minimum Gasteiger partial charge on any atom is -0.338 e. The summed E-state index contributed by atoms with van der Waals surface area (Å²) in [4.78, 5) is 5.63. The van der Waals surface area contributed by atoms with Gasteiger partial charge in [0.05, 0.1) is 17.2 Å². The Morgan fingerprint density at radius 2 is 1.81 bits per heavy atom. The third kappa shape index (κ3) is 4.45. The third-order valence-corrected chi connectivity index (χ3v) is 6.56. The summed E-state index contributed by atoms with van der Waals surface area (Å²) in [7, 11) is 0. The quantitative estimate of drug-likeness (QED) is 0.299. The van der Waals surface area contributed by atoms with Crippen LogP contribution < -0.4 is 0 Å². The highest BCUT2D eigenvalue weighted by atomic mass is 32.2. The van der Waals surface area contributed by atoms with Crippen LogP contribution in [0.3, 0.4) is 0 Å². The molecular weight excluding hydrogens is 426 g/mol. The zero-order valence-corrected chi connectivity index (χ0v) is 18.4. The summed E-state index contributed by atoms with van der Waals surface area (Å²) in [6, 6.07) is 22.5. The number of rotatable bonds is 7. The number of aryl methyl sites for hydroxylation is 1. The summed E-state index contributed by atoms with van der Waals surface area (Å²) >= 11 is 3.20. The molecule has 154 valence electrons. The van der Waals surface area contributed by atoms with E-state index in [2.05, 4.69) is 55.4 Å². The van der Waals surface area contributed by atoms with Gasteiger partial charge in [-0.15, -0.1) is 21.5 Å². The van der Waals surface area contributed by atoms with Crippen LogP contribution in [0.1, 0.15) is 17.0 Å². The predicted molar refractivity (Wildman–Crippen MR) is 123 cm³/mol. The topological polar surface area (TPSA) is 69.6 Å². The summed E-state index contributed by atoms with van der Waals surface area (Å²) in [5.41, 5.74) is 3.33. The number of thiophene rings is 1. The first-order chi connectivity index (χ1) is 15.3. The van der Waals surface area contributed by atoms with Crippen molar-refractivity contribution < 1.29 is 4.52 Å². The lowest BCUT2D eigenvalue weighted by molar-refractivity contribution is 0.391. The van der Waals surface area contributed by atoms with Gasteiger partial charge < -0.3 is 4.52 Å². The van der Waals surface area contributed by atoms with Crippen molar-refractivity contribution in [3.63, 3.8) is 0 Å². The predicted octanol–water partition coefficient (Wildman–Crippen LogP) is 5.71. The average Bonchev–Trinajstić information content (AvgIpc) is 3.55. The second-order valence-corrected chi connectivity index (χ2v) is 8.91. The molecule has 0 saturated carbocycles. The second-order valence-electron chi connectivity index (χ2n) is 7.02. The smallest absolute Gasteiger partial charge is 0.237 e. The molecule has 2 aromatic carbocycles. The maximum atomic E-state index is 5.47. The van der Waals surface area contributed by atoms with Crippen LogP contribution in [0.4, 0.5) is 0 Å². The molecule has 0 bridgehead atoms. The fourth-order valence-electron chi connectivity index (χ4n) is 3.15. The average molecular weight is 446 g/mol. The Labute approximate surface area is 188 Å². The summed E-state index contributed by atoms with van der Waals surface area (Å²) in [5.74, 6) is 2.55. The Hall–Kier alpha value is -3.23. The van der Waals surface area contributed by atoms with Gasteiger partial charge in [0.15, 0.2) is 11.0 Å². The first kappa shape index (κ1) is 19.7. The molecule has 8 heteroatoms. The molecule has 0 atom stereocenters. The molecule has 0 spiro atoms. The van der Waals surface area contributed by atoms with Crippen molar-refractivity contribution in [1.82, 2.24) is 24.9 Å². The summed E-state index contributed by atoms with van der Waals surface area (Å²) < 4.78 is 7.61. The highest BCUT2D eigenvalue weighted by molar-refractivity contribution is 7.98. The monoisotopic (exact) mass is 445 g/mol. The van der Waals surface area contributed by atoms with E-state index in [1.54, 1.807) is 23.1 Å². The third-order valence-electron chi connectivity index (χ3n) is 4.74. The normalized spacial score (nSPS) is 11.1. The van der Waals surface area contributed by atoms with Crippen LogP contribution in [0.15, 0.2) is 81.8 Å². The second kappa shape index (κ2) is 8.87. The minimum absolute atomic E-state index is 0.524. The van der Waals surface area contributed by atoms with Crippen LogP contribution in [-0.2, 0) is 12.3 Å². The van der Waals surface area contributed by atoms with Gasteiger partial charge in [-0.2, -0.15) is 4.98 Å². The lowest BCUT2D eigenvalue weighted by Gasteiger charge is -2.09. The molecule has 5 rings (SSSR count). The molecular formula is C23H19N5OS2. The van der Waals surface area contributed by atoms with E-state index in [-0.39, 0.29) is 0 Å². The Morgan fingerprint density at radius 3 is 2.58 bits per heavy atom. The lowest BCUT2D eigenvalue weighted by atomic mass is 10.1. The SMILES string of the molecule is Cc1ccc(-c2noc(CSc3nnc(-c4cccs4)n3Cc3ccccc3)n2)cc1. The Bertz CT molecular complexity index is 1260. The number of nitrogens with zero attached hydrogens (tertiary/aromatic N) is 5. The van der Waals surface area contributed by atoms with E-state index >= 15 is 0 Å². The van der Waals surface area contributed by atoms with Gasteiger partial charge in [-0.25, -0.2) is 0 Å².